The molecular formula is C15H24O. The first kappa shape index (κ1) is 10.8. The van der Waals surface area contributed by atoms with E-state index in [2.05, 4.69) is 27.4 Å². The summed E-state index contributed by atoms with van der Waals surface area (Å²) in [7, 11) is 0. The van der Waals surface area contributed by atoms with Crippen LogP contribution in [-0.2, 0) is 4.74 Å². The standard InChI is InChI=1S/C15H24O/c1-10(2)12-6-7-14(4)15(16-14)8-5-11(3)13(15)9-12/h11-13H,1,5-9H2,2-4H3. The Morgan fingerprint density at radius 3 is 2.75 bits per heavy atom. The lowest BCUT2D eigenvalue weighted by atomic mass is 9.79. The number of epoxide rings is 1. The van der Waals surface area contributed by atoms with Crippen LogP contribution in [0.3, 0.4) is 0 Å². The van der Waals surface area contributed by atoms with E-state index in [9.17, 15) is 0 Å². The Hall–Kier alpha value is -0.300. The van der Waals surface area contributed by atoms with Gasteiger partial charge in [0, 0.05) is 0 Å². The molecule has 0 bridgehead atoms. The number of ether oxygens (including phenoxy) is 1. The largest absolute Gasteiger partial charge is 0.363 e. The third kappa shape index (κ3) is 1.21. The Balaban J connectivity index is 1.89. The van der Waals surface area contributed by atoms with Gasteiger partial charge in [-0.25, -0.2) is 0 Å². The molecule has 1 aliphatic heterocycles. The highest BCUT2D eigenvalue weighted by atomic mass is 16.6. The minimum Gasteiger partial charge on any atom is -0.363 e. The second kappa shape index (κ2) is 3.13. The van der Waals surface area contributed by atoms with Crippen molar-refractivity contribution in [2.45, 2.75) is 64.1 Å². The SMILES string of the molecule is C=C(C)C1CCC2(C)OC23CCC(C)C3C1. The average Bonchev–Trinajstić information content (AvgIpc) is 2.71. The quantitative estimate of drug-likeness (QED) is 0.482. The first-order valence-corrected chi connectivity index (χ1v) is 6.84. The molecule has 1 heterocycles. The maximum atomic E-state index is 6.23. The fraction of sp³-hybridized carbons (Fsp3) is 0.867. The lowest BCUT2D eigenvalue weighted by Crippen LogP contribution is -2.28. The zero-order chi connectivity index (χ0) is 11.6. The normalized spacial score (nSPS) is 55.1. The van der Waals surface area contributed by atoms with Gasteiger partial charge >= 0.3 is 0 Å². The minimum absolute atomic E-state index is 0.215. The topological polar surface area (TPSA) is 12.5 Å². The van der Waals surface area contributed by atoms with Crippen LogP contribution in [0.25, 0.3) is 0 Å². The highest BCUT2D eigenvalue weighted by Crippen LogP contribution is 2.67. The summed E-state index contributed by atoms with van der Waals surface area (Å²) in [6.45, 7) is 11.1. The lowest BCUT2D eigenvalue weighted by Gasteiger charge is -2.24. The van der Waals surface area contributed by atoms with E-state index in [1.165, 1.54) is 37.7 Å². The van der Waals surface area contributed by atoms with Crippen LogP contribution < -0.4 is 0 Å². The molecular weight excluding hydrogens is 196 g/mol. The van der Waals surface area contributed by atoms with Crippen LogP contribution in [0.1, 0.15) is 52.9 Å². The maximum Gasteiger partial charge on any atom is 0.101 e. The minimum atomic E-state index is 0.215. The molecule has 0 aromatic carbocycles. The van der Waals surface area contributed by atoms with E-state index < -0.39 is 0 Å². The summed E-state index contributed by atoms with van der Waals surface area (Å²) < 4.78 is 6.23. The van der Waals surface area contributed by atoms with Crippen LogP contribution in [0.15, 0.2) is 12.2 Å². The summed E-state index contributed by atoms with van der Waals surface area (Å²) in [5, 5.41) is 0. The van der Waals surface area contributed by atoms with Crippen molar-refractivity contribution in [3.8, 4) is 0 Å². The fourth-order valence-electron chi connectivity index (χ4n) is 4.45. The molecule has 0 aromatic rings. The molecule has 3 rings (SSSR count). The number of allylic oxidation sites excluding steroid dienone is 1. The Labute approximate surface area is 99.3 Å². The van der Waals surface area contributed by atoms with Crippen LogP contribution in [0.4, 0.5) is 0 Å². The Morgan fingerprint density at radius 2 is 2.06 bits per heavy atom. The zero-order valence-corrected chi connectivity index (χ0v) is 10.9. The van der Waals surface area contributed by atoms with Crippen molar-refractivity contribution < 1.29 is 4.74 Å². The molecule has 0 aromatic heterocycles. The summed E-state index contributed by atoms with van der Waals surface area (Å²) >= 11 is 0. The molecule has 90 valence electrons. The summed E-state index contributed by atoms with van der Waals surface area (Å²) in [5.41, 5.74) is 1.88. The molecule has 1 saturated heterocycles. The van der Waals surface area contributed by atoms with Crippen molar-refractivity contribution >= 4 is 0 Å². The summed E-state index contributed by atoms with van der Waals surface area (Å²) in [6, 6.07) is 0. The van der Waals surface area contributed by atoms with Crippen molar-refractivity contribution in [1.82, 2.24) is 0 Å². The molecule has 0 amide bonds. The van der Waals surface area contributed by atoms with E-state index in [-0.39, 0.29) is 11.2 Å². The van der Waals surface area contributed by atoms with Gasteiger partial charge in [0.15, 0.2) is 0 Å². The van der Waals surface area contributed by atoms with Crippen molar-refractivity contribution in [2.75, 3.05) is 0 Å². The monoisotopic (exact) mass is 220 g/mol. The Morgan fingerprint density at radius 1 is 1.31 bits per heavy atom. The van der Waals surface area contributed by atoms with Crippen LogP contribution in [-0.4, -0.2) is 11.2 Å². The van der Waals surface area contributed by atoms with E-state index in [0.29, 0.717) is 0 Å². The van der Waals surface area contributed by atoms with E-state index in [0.717, 1.165) is 17.8 Å². The smallest absolute Gasteiger partial charge is 0.101 e. The molecule has 5 atom stereocenters. The van der Waals surface area contributed by atoms with Gasteiger partial charge < -0.3 is 4.74 Å². The Bertz CT molecular complexity index is 330. The van der Waals surface area contributed by atoms with Gasteiger partial charge in [-0.1, -0.05) is 19.1 Å². The predicted octanol–water partition coefficient (Wildman–Crippen LogP) is 3.94. The molecule has 3 fully saturated rings. The van der Waals surface area contributed by atoms with Crippen molar-refractivity contribution in [2.24, 2.45) is 17.8 Å². The van der Waals surface area contributed by atoms with Gasteiger partial charge in [0.25, 0.3) is 0 Å². The van der Waals surface area contributed by atoms with Gasteiger partial charge in [0.05, 0.1) is 5.60 Å². The molecule has 16 heavy (non-hydrogen) atoms. The third-order valence-electron chi connectivity index (χ3n) is 5.72. The zero-order valence-electron chi connectivity index (χ0n) is 10.9. The van der Waals surface area contributed by atoms with E-state index in [4.69, 9.17) is 4.74 Å². The fourth-order valence-corrected chi connectivity index (χ4v) is 4.45. The molecule has 0 radical (unpaired) electrons. The van der Waals surface area contributed by atoms with Gasteiger partial charge in [-0.15, -0.1) is 0 Å². The third-order valence-corrected chi connectivity index (χ3v) is 5.72. The molecule has 0 N–H and O–H groups in total. The average molecular weight is 220 g/mol. The van der Waals surface area contributed by atoms with Crippen molar-refractivity contribution in [3.05, 3.63) is 12.2 Å². The summed E-state index contributed by atoms with van der Waals surface area (Å²) in [6.07, 6.45) is 6.53. The molecule has 1 spiro atoms. The maximum absolute atomic E-state index is 6.23. The van der Waals surface area contributed by atoms with Crippen molar-refractivity contribution in [1.29, 1.82) is 0 Å². The van der Waals surface area contributed by atoms with Gasteiger partial charge in [-0.3, -0.25) is 0 Å². The molecule has 2 aliphatic carbocycles. The first-order valence-electron chi connectivity index (χ1n) is 6.84. The van der Waals surface area contributed by atoms with E-state index >= 15 is 0 Å². The number of hydrogen-bond acceptors (Lipinski definition) is 1. The molecule has 1 nitrogen and oxygen atoms in total. The number of hydrogen-bond donors (Lipinski definition) is 0. The molecule has 1 heteroatoms. The van der Waals surface area contributed by atoms with E-state index in [1.54, 1.807) is 0 Å². The number of rotatable bonds is 1. The first-order chi connectivity index (χ1) is 7.48. The molecule has 3 aliphatic rings. The summed E-state index contributed by atoms with van der Waals surface area (Å²) in [5.74, 6) is 2.39. The Kier molecular flexibility index (Phi) is 2.12. The molecule has 5 unspecified atom stereocenters. The van der Waals surface area contributed by atoms with Crippen molar-refractivity contribution in [3.63, 3.8) is 0 Å². The van der Waals surface area contributed by atoms with Crippen LogP contribution in [0.2, 0.25) is 0 Å². The lowest BCUT2D eigenvalue weighted by molar-refractivity contribution is 0.178. The highest BCUT2D eigenvalue weighted by Gasteiger charge is 2.73. The molecule has 2 saturated carbocycles. The predicted molar refractivity (Wildman–Crippen MR) is 66.3 cm³/mol. The van der Waals surface area contributed by atoms with Gasteiger partial charge in [-0.05, 0) is 63.7 Å². The van der Waals surface area contributed by atoms with Crippen LogP contribution >= 0.6 is 0 Å². The van der Waals surface area contributed by atoms with Crippen LogP contribution in [0, 0.1) is 17.8 Å². The highest BCUT2D eigenvalue weighted by molar-refractivity contribution is 5.22. The van der Waals surface area contributed by atoms with Gasteiger partial charge in [0.2, 0.25) is 0 Å². The second-order valence-corrected chi connectivity index (χ2v) is 6.66. The van der Waals surface area contributed by atoms with Gasteiger partial charge in [0.1, 0.15) is 5.60 Å². The van der Waals surface area contributed by atoms with E-state index in [1.807, 2.05) is 0 Å². The van der Waals surface area contributed by atoms with Gasteiger partial charge in [-0.2, -0.15) is 0 Å². The summed E-state index contributed by atoms with van der Waals surface area (Å²) in [4.78, 5) is 0. The second-order valence-electron chi connectivity index (χ2n) is 6.66. The van der Waals surface area contributed by atoms with Crippen LogP contribution in [0.5, 0.6) is 0 Å².